The highest BCUT2D eigenvalue weighted by molar-refractivity contribution is 7.53. The van der Waals surface area contributed by atoms with Crippen molar-refractivity contribution in [3.8, 4) is 0 Å². The first-order valence-corrected chi connectivity index (χ1v) is 9.80. The molecule has 0 fully saturated rings. The Labute approximate surface area is 104 Å². The Bertz CT molecular complexity index is 252. The van der Waals surface area contributed by atoms with Crippen molar-refractivity contribution in [1.29, 1.82) is 0 Å². The van der Waals surface area contributed by atoms with Crippen molar-refractivity contribution in [3.63, 3.8) is 0 Å². The molecular formula is C10H23F2O3PSi. The van der Waals surface area contributed by atoms with Gasteiger partial charge in [0.25, 0.3) is 0 Å². The predicted molar refractivity (Wildman–Crippen MR) is 68.2 cm³/mol. The van der Waals surface area contributed by atoms with Gasteiger partial charge >= 0.3 is 16.3 Å². The van der Waals surface area contributed by atoms with E-state index in [0.717, 1.165) is 0 Å². The summed E-state index contributed by atoms with van der Waals surface area (Å²) in [5, 5.41) is 0. The number of halogens is 2. The Hall–Kier alpha value is 0.227. The van der Waals surface area contributed by atoms with Gasteiger partial charge in [-0.1, -0.05) is 13.8 Å². The van der Waals surface area contributed by atoms with E-state index in [4.69, 9.17) is 9.05 Å². The standard InChI is InChI=1S/C10H23F2O3PSi/c1-5-14-16(13,15-6-2)8-7-9-17(11,12)10(3)4/h10H,5-9H2,1-4H3. The van der Waals surface area contributed by atoms with Gasteiger partial charge < -0.3 is 9.05 Å². The summed E-state index contributed by atoms with van der Waals surface area (Å²) in [5.74, 6) is 0. The Morgan fingerprint density at radius 1 is 1.18 bits per heavy atom. The van der Waals surface area contributed by atoms with Crippen LogP contribution >= 0.6 is 7.60 Å². The first-order chi connectivity index (χ1) is 7.77. The van der Waals surface area contributed by atoms with Crippen molar-refractivity contribution in [2.24, 2.45) is 0 Å². The molecule has 104 valence electrons. The fraction of sp³-hybridized carbons (Fsp3) is 1.00. The summed E-state index contributed by atoms with van der Waals surface area (Å²) in [6, 6.07) is -0.144. The van der Waals surface area contributed by atoms with Gasteiger partial charge in [0.15, 0.2) is 0 Å². The van der Waals surface area contributed by atoms with E-state index < -0.39 is 21.9 Å². The van der Waals surface area contributed by atoms with E-state index >= 15 is 0 Å². The van der Waals surface area contributed by atoms with Crippen LogP contribution in [0, 0.1) is 0 Å². The molecule has 0 aliphatic rings. The molecule has 0 saturated heterocycles. The third-order valence-corrected chi connectivity index (χ3v) is 7.32. The first kappa shape index (κ1) is 17.2. The molecule has 0 unspecified atom stereocenters. The summed E-state index contributed by atoms with van der Waals surface area (Å²) in [6.07, 6.45) is 0.290. The minimum atomic E-state index is -4.16. The lowest BCUT2D eigenvalue weighted by molar-refractivity contribution is 0.220. The van der Waals surface area contributed by atoms with Crippen molar-refractivity contribution >= 4 is 16.3 Å². The lowest BCUT2D eigenvalue weighted by Gasteiger charge is -2.19. The molecule has 0 atom stereocenters. The van der Waals surface area contributed by atoms with Crippen LogP contribution in [0.15, 0.2) is 0 Å². The molecule has 0 aromatic carbocycles. The Morgan fingerprint density at radius 2 is 1.65 bits per heavy atom. The minimum absolute atomic E-state index is 0.0873. The Balaban J connectivity index is 4.19. The molecule has 0 saturated carbocycles. The molecule has 7 heteroatoms. The summed E-state index contributed by atoms with van der Waals surface area (Å²) in [5.41, 5.74) is -0.568. The van der Waals surface area contributed by atoms with Crippen molar-refractivity contribution in [3.05, 3.63) is 0 Å². The van der Waals surface area contributed by atoms with Crippen LogP contribution < -0.4 is 0 Å². The fourth-order valence-electron chi connectivity index (χ4n) is 1.36. The number of hydrogen-bond acceptors (Lipinski definition) is 3. The van der Waals surface area contributed by atoms with Crippen LogP contribution in [0.5, 0.6) is 0 Å². The first-order valence-electron chi connectivity index (χ1n) is 6.03. The third-order valence-electron chi connectivity index (χ3n) is 2.44. The second-order valence-electron chi connectivity index (χ2n) is 4.19. The summed E-state index contributed by atoms with van der Waals surface area (Å²) >= 11 is 0. The van der Waals surface area contributed by atoms with Crippen LogP contribution in [0.3, 0.4) is 0 Å². The van der Waals surface area contributed by atoms with Gasteiger partial charge in [0, 0.05) is 5.54 Å². The van der Waals surface area contributed by atoms with Gasteiger partial charge in [-0.2, -0.15) is 0 Å². The largest absolute Gasteiger partial charge is 0.427 e. The topological polar surface area (TPSA) is 35.5 Å². The summed E-state index contributed by atoms with van der Waals surface area (Å²) in [7, 11) is -7.31. The molecule has 0 radical (unpaired) electrons. The van der Waals surface area contributed by atoms with E-state index in [-0.39, 0.29) is 31.8 Å². The van der Waals surface area contributed by atoms with Gasteiger partial charge in [-0.05, 0) is 26.3 Å². The Morgan fingerprint density at radius 3 is 2.00 bits per heavy atom. The van der Waals surface area contributed by atoms with E-state index in [2.05, 4.69) is 0 Å². The van der Waals surface area contributed by atoms with Gasteiger partial charge in [0.1, 0.15) is 0 Å². The lowest BCUT2D eigenvalue weighted by Crippen LogP contribution is -2.26. The summed E-state index contributed by atoms with van der Waals surface area (Å²) < 4.78 is 49.0. The Kier molecular flexibility index (Phi) is 7.72. The third kappa shape index (κ3) is 6.65. The highest BCUT2D eigenvalue weighted by Crippen LogP contribution is 2.49. The second kappa shape index (κ2) is 7.62. The smallest absolute Gasteiger partial charge is 0.309 e. The van der Waals surface area contributed by atoms with Crippen molar-refractivity contribution in [2.75, 3.05) is 19.4 Å². The quantitative estimate of drug-likeness (QED) is 0.357. The van der Waals surface area contributed by atoms with Crippen molar-refractivity contribution < 1.29 is 21.8 Å². The maximum absolute atomic E-state index is 13.5. The molecule has 0 N–H and O–H groups in total. The van der Waals surface area contributed by atoms with E-state index in [1.165, 1.54) is 13.8 Å². The minimum Gasteiger partial charge on any atom is -0.309 e. The molecule has 0 aliphatic carbocycles. The van der Waals surface area contributed by atoms with Gasteiger partial charge in [-0.3, -0.25) is 12.8 Å². The molecule has 0 amide bonds. The molecule has 17 heavy (non-hydrogen) atoms. The maximum Gasteiger partial charge on any atom is 0.427 e. The molecular weight excluding hydrogens is 265 g/mol. The molecule has 3 nitrogen and oxygen atoms in total. The SMILES string of the molecule is CCOP(=O)(CCC[Si](F)(F)C(C)C)OCC. The number of hydrogen-bond donors (Lipinski definition) is 0. The van der Waals surface area contributed by atoms with Crippen LogP contribution in [0.2, 0.25) is 11.6 Å². The lowest BCUT2D eigenvalue weighted by atomic mass is 10.5. The van der Waals surface area contributed by atoms with Gasteiger partial charge in [-0.25, -0.2) is 0 Å². The van der Waals surface area contributed by atoms with E-state index in [1.807, 2.05) is 0 Å². The van der Waals surface area contributed by atoms with Crippen LogP contribution in [0.25, 0.3) is 0 Å². The second-order valence-corrected chi connectivity index (χ2v) is 9.55. The van der Waals surface area contributed by atoms with Gasteiger partial charge in [0.2, 0.25) is 0 Å². The molecule has 0 aromatic rings. The van der Waals surface area contributed by atoms with Gasteiger partial charge in [0.05, 0.1) is 19.4 Å². The molecule has 0 aromatic heterocycles. The van der Waals surface area contributed by atoms with Crippen LogP contribution in [-0.4, -0.2) is 28.1 Å². The zero-order valence-corrected chi connectivity index (χ0v) is 12.9. The summed E-state index contributed by atoms with van der Waals surface area (Å²) in [4.78, 5) is 0. The molecule has 0 spiro atoms. The van der Waals surface area contributed by atoms with Gasteiger partial charge in [-0.15, -0.1) is 0 Å². The highest BCUT2D eigenvalue weighted by atomic mass is 31.2. The van der Waals surface area contributed by atoms with E-state index in [0.29, 0.717) is 0 Å². The predicted octanol–water partition coefficient (Wildman–Crippen LogP) is 4.43. The van der Waals surface area contributed by atoms with E-state index in [9.17, 15) is 12.8 Å². The van der Waals surface area contributed by atoms with Crippen molar-refractivity contribution in [1.82, 2.24) is 0 Å². The highest BCUT2D eigenvalue weighted by Gasteiger charge is 2.39. The monoisotopic (exact) mass is 288 g/mol. The van der Waals surface area contributed by atoms with Crippen LogP contribution in [0.1, 0.15) is 34.1 Å². The zero-order valence-electron chi connectivity index (χ0n) is 11.0. The molecule has 0 aliphatic heterocycles. The average molecular weight is 288 g/mol. The zero-order chi connectivity index (χ0) is 13.5. The number of rotatable bonds is 9. The fourth-order valence-corrected chi connectivity index (χ4v) is 4.54. The average Bonchev–Trinajstić information content (AvgIpc) is 2.17. The molecule has 0 rings (SSSR count). The molecule has 0 heterocycles. The summed E-state index contributed by atoms with van der Waals surface area (Å²) in [6.45, 7) is 7.05. The molecule has 0 bridgehead atoms. The van der Waals surface area contributed by atoms with E-state index in [1.54, 1.807) is 13.8 Å². The van der Waals surface area contributed by atoms with Crippen LogP contribution in [-0.2, 0) is 13.6 Å². The normalized spacial score (nSPS) is 13.4. The maximum atomic E-state index is 13.5. The van der Waals surface area contributed by atoms with Crippen molar-refractivity contribution in [2.45, 2.75) is 45.7 Å². The van der Waals surface area contributed by atoms with Crippen LogP contribution in [0.4, 0.5) is 8.22 Å².